The van der Waals surface area contributed by atoms with Crippen LogP contribution in [-0.2, 0) is 22.5 Å². The van der Waals surface area contributed by atoms with Gasteiger partial charge in [0.2, 0.25) is 0 Å². The highest BCUT2D eigenvalue weighted by molar-refractivity contribution is 6.34. The summed E-state index contributed by atoms with van der Waals surface area (Å²) in [6, 6.07) is 9.59. The van der Waals surface area contributed by atoms with Crippen LogP contribution in [0.25, 0.3) is 0 Å². The number of carbonyl (C=O) groups excluding carboxylic acids is 2. The smallest absolute Gasteiger partial charge is 0.328 e. The number of methoxy groups -OCH3 is 1. The Morgan fingerprint density at radius 1 is 1.26 bits per heavy atom. The molecule has 0 heterocycles. The maximum Gasteiger partial charge on any atom is 0.328 e. The average Bonchev–Trinajstić information content (AvgIpc) is 2.66. The van der Waals surface area contributed by atoms with E-state index in [2.05, 4.69) is 5.32 Å². The Balaban J connectivity index is 2.23. The lowest BCUT2D eigenvalue weighted by atomic mass is 10.0. The van der Waals surface area contributed by atoms with Gasteiger partial charge in [0, 0.05) is 25.1 Å². The van der Waals surface area contributed by atoms with E-state index < -0.39 is 22.8 Å². The second-order valence-corrected chi connectivity index (χ2v) is 6.06. The first-order valence-electron chi connectivity index (χ1n) is 7.96. The predicted octanol–water partition coefficient (Wildman–Crippen LogP) is 2.22. The third kappa shape index (κ3) is 5.02. The SMILES string of the molecule is COC(=O)C(Cc1ccc([N+](=O)[O-])cc1)NC(=O)c1c(Cl)cccc1CN. The molecule has 2 aromatic carbocycles. The van der Waals surface area contributed by atoms with Gasteiger partial charge in [-0.1, -0.05) is 35.9 Å². The molecule has 0 spiro atoms. The first-order valence-corrected chi connectivity index (χ1v) is 8.34. The Morgan fingerprint density at radius 3 is 2.48 bits per heavy atom. The molecule has 0 fully saturated rings. The van der Waals surface area contributed by atoms with E-state index in [1.807, 2.05) is 0 Å². The summed E-state index contributed by atoms with van der Waals surface area (Å²) >= 11 is 6.11. The van der Waals surface area contributed by atoms with Crippen LogP contribution in [0.4, 0.5) is 5.69 Å². The molecule has 2 rings (SSSR count). The van der Waals surface area contributed by atoms with E-state index in [4.69, 9.17) is 22.1 Å². The molecular weight excluding hydrogens is 374 g/mol. The molecular formula is C18H18ClN3O5. The molecule has 9 heteroatoms. The highest BCUT2D eigenvalue weighted by Crippen LogP contribution is 2.20. The van der Waals surface area contributed by atoms with Crippen LogP contribution in [0.3, 0.4) is 0 Å². The van der Waals surface area contributed by atoms with Gasteiger partial charge in [-0.3, -0.25) is 14.9 Å². The zero-order chi connectivity index (χ0) is 20.0. The molecule has 1 atom stereocenters. The summed E-state index contributed by atoms with van der Waals surface area (Å²) in [6.45, 7) is 0.106. The van der Waals surface area contributed by atoms with Crippen molar-refractivity contribution in [3.05, 3.63) is 74.3 Å². The molecule has 3 N–H and O–H groups in total. The van der Waals surface area contributed by atoms with E-state index in [1.165, 1.54) is 31.4 Å². The Morgan fingerprint density at radius 2 is 1.93 bits per heavy atom. The molecule has 0 saturated heterocycles. The average molecular weight is 392 g/mol. The molecule has 1 unspecified atom stereocenters. The molecule has 0 aromatic heterocycles. The number of nitrogens with zero attached hydrogens (tertiary/aromatic N) is 1. The molecule has 0 aliphatic carbocycles. The number of ether oxygens (including phenoxy) is 1. The van der Waals surface area contributed by atoms with Gasteiger partial charge in [0.25, 0.3) is 11.6 Å². The lowest BCUT2D eigenvalue weighted by Crippen LogP contribution is -2.43. The monoisotopic (exact) mass is 391 g/mol. The number of amides is 1. The topological polar surface area (TPSA) is 125 Å². The molecule has 8 nitrogen and oxygen atoms in total. The van der Waals surface area contributed by atoms with Crippen molar-refractivity contribution < 1.29 is 19.2 Å². The van der Waals surface area contributed by atoms with Gasteiger partial charge >= 0.3 is 5.97 Å². The van der Waals surface area contributed by atoms with Crippen molar-refractivity contribution in [2.45, 2.75) is 19.0 Å². The predicted molar refractivity (Wildman–Crippen MR) is 99.4 cm³/mol. The third-order valence-electron chi connectivity index (χ3n) is 3.92. The van der Waals surface area contributed by atoms with Gasteiger partial charge in [0.1, 0.15) is 6.04 Å². The molecule has 0 radical (unpaired) electrons. The maximum absolute atomic E-state index is 12.7. The standard InChI is InChI=1S/C18H18ClN3O5/c1-27-18(24)15(9-11-5-7-13(8-6-11)22(25)26)21-17(23)16-12(10-20)3-2-4-14(16)19/h2-8,15H,9-10,20H2,1H3,(H,21,23). The molecule has 27 heavy (non-hydrogen) atoms. The number of hydrogen-bond acceptors (Lipinski definition) is 6. The van der Waals surface area contributed by atoms with Crippen LogP contribution in [0.2, 0.25) is 5.02 Å². The second-order valence-electron chi connectivity index (χ2n) is 5.65. The Hall–Kier alpha value is -2.97. The Labute approximate surface area is 160 Å². The van der Waals surface area contributed by atoms with Crippen LogP contribution in [0, 0.1) is 10.1 Å². The minimum absolute atomic E-state index is 0.0685. The molecule has 0 aliphatic heterocycles. The van der Waals surface area contributed by atoms with E-state index in [9.17, 15) is 19.7 Å². The third-order valence-corrected chi connectivity index (χ3v) is 4.24. The fourth-order valence-electron chi connectivity index (χ4n) is 2.55. The van der Waals surface area contributed by atoms with Gasteiger partial charge in [-0.15, -0.1) is 0 Å². The van der Waals surface area contributed by atoms with Gasteiger partial charge in [-0.2, -0.15) is 0 Å². The summed E-state index contributed by atoms with van der Waals surface area (Å²) in [6.07, 6.45) is 0.0961. The molecule has 142 valence electrons. The van der Waals surface area contributed by atoms with Crippen molar-refractivity contribution in [1.29, 1.82) is 0 Å². The number of non-ortho nitro benzene ring substituents is 1. The zero-order valence-electron chi connectivity index (χ0n) is 14.5. The number of hydrogen-bond donors (Lipinski definition) is 2. The number of nitro groups is 1. The first kappa shape index (κ1) is 20.3. The lowest BCUT2D eigenvalue weighted by molar-refractivity contribution is -0.384. The van der Waals surface area contributed by atoms with Crippen LogP contribution in [0.15, 0.2) is 42.5 Å². The Kier molecular flexibility index (Phi) is 6.86. The zero-order valence-corrected chi connectivity index (χ0v) is 15.2. The van der Waals surface area contributed by atoms with Crippen LogP contribution in [0.5, 0.6) is 0 Å². The van der Waals surface area contributed by atoms with Gasteiger partial charge in [-0.05, 0) is 17.2 Å². The van der Waals surface area contributed by atoms with Crippen molar-refractivity contribution in [2.75, 3.05) is 7.11 Å². The minimum atomic E-state index is -0.995. The highest BCUT2D eigenvalue weighted by atomic mass is 35.5. The van der Waals surface area contributed by atoms with Gasteiger partial charge < -0.3 is 15.8 Å². The summed E-state index contributed by atoms with van der Waals surface area (Å²) in [4.78, 5) is 35.0. The van der Waals surface area contributed by atoms with Crippen molar-refractivity contribution >= 4 is 29.2 Å². The molecule has 0 saturated carbocycles. The van der Waals surface area contributed by atoms with Gasteiger partial charge in [-0.25, -0.2) is 4.79 Å². The number of nitro benzene ring substituents is 1. The Bertz CT molecular complexity index is 855. The van der Waals surface area contributed by atoms with E-state index in [1.54, 1.807) is 18.2 Å². The molecule has 2 aromatic rings. The minimum Gasteiger partial charge on any atom is -0.467 e. The number of nitrogens with one attached hydrogen (secondary N) is 1. The van der Waals surface area contributed by atoms with Gasteiger partial charge in [0.05, 0.1) is 22.6 Å². The van der Waals surface area contributed by atoms with Crippen molar-refractivity contribution in [3.8, 4) is 0 Å². The van der Waals surface area contributed by atoms with Crippen molar-refractivity contribution in [3.63, 3.8) is 0 Å². The number of esters is 1. The highest BCUT2D eigenvalue weighted by Gasteiger charge is 2.25. The number of nitrogens with two attached hydrogens (primary N) is 1. The first-order chi connectivity index (χ1) is 12.9. The number of halogens is 1. The number of rotatable bonds is 7. The molecule has 0 aliphatic rings. The van der Waals surface area contributed by atoms with Crippen LogP contribution >= 0.6 is 11.6 Å². The lowest BCUT2D eigenvalue weighted by Gasteiger charge is -2.18. The van der Waals surface area contributed by atoms with E-state index in [0.717, 1.165) is 0 Å². The summed E-state index contributed by atoms with van der Waals surface area (Å²) in [7, 11) is 1.21. The van der Waals surface area contributed by atoms with Crippen LogP contribution in [0.1, 0.15) is 21.5 Å². The van der Waals surface area contributed by atoms with Crippen LogP contribution in [-0.4, -0.2) is 30.0 Å². The fourth-order valence-corrected chi connectivity index (χ4v) is 2.83. The quantitative estimate of drug-likeness (QED) is 0.423. The van der Waals surface area contributed by atoms with E-state index in [-0.39, 0.29) is 29.2 Å². The van der Waals surface area contributed by atoms with Crippen molar-refractivity contribution in [1.82, 2.24) is 5.32 Å². The largest absolute Gasteiger partial charge is 0.467 e. The summed E-state index contributed by atoms with van der Waals surface area (Å²) in [5, 5.41) is 13.6. The van der Waals surface area contributed by atoms with Crippen molar-refractivity contribution in [2.24, 2.45) is 5.73 Å². The van der Waals surface area contributed by atoms with E-state index in [0.29, 0.717) is 11.1 Å². The van der Waals surface area contributed by atoms with E-state index >= 15 is 0 Å². The second kappa shape index (κ2) is 9.11. The summed E-state index contributed by atoms with van der Waals surface area (Å²) in [5.41, 5.74) is 6.94. The van der Waals surface area contributed by atoms with Gasteiger partial charge in [0.15, 0.2) is 0 Å². The summed E-state index contributed by atoms with van der Waals surface area (Å²) < 4.78 is 4.75. The maximum atomic E-state index is 12.7. The normalized spacial score (nSPS) is 11.5. The number of carbonyl (C=O) groups is 2. The number of benzene rings is 2. The van der Waals surface area contributed by atoms with Crippen LogP contribution < -0.4 is 11.1 Å². The summed E-state index contributed by atoms with van der Waals surface area (Å²) in [5.74, 6) is -1.21. The molecule has 0 bridgehead atoms. The fraction of sp³-hybridized carbons (Fsp3) is 0.222. The molecule has 1 amide bonds.